The van der Waals surface area contributed by atoms with E-state index in [1.165, 1.54) is 30.1 Å². The number of aromatic nitrogens is 3. The van der Waals surface area contributed by atoms with Gasteiger partial charge in [-0.15, -0.1) is 0 Å². The number of hydrogen-bond donors (Lipinski definition) is 0. The summed E-state index contributed by atoms with van der Waals surface area (Å²) >= 11 is 0. The van der Waals surface area contributed by atoms with E-state index in [4.69, 9.17) is 19.2 Å². The van der Waals surface area contributed by atoms with Crippen molar-refractivity contribution in [2.45, 2.75) is 71.8 Å². The highest BCUT2D eigenvalue weighted by Gasteiger charge is 2.54. The normalized spacial score (nSPS) is 20.9. The fourth-order valence-corrected chi connectivity index (χ4v) is 7.93. The lowest BCUT2D eigenvalue weighted by atomic mass is 9.61. The third-order valence-electron chi connectivity index (χ3n) is 10.5. The maximum Gasteiger partial charge on any atom is 0.257 e. The van der Waals surface area contributed by atoms with Crippen LogP contribution in [0.15, 0.2) is 43.0 Å². The Labute approximate surface area is 288 Å². The highest BCUT2D eigenvalue weighted by molar-refractivity contribution is 5.97. The molecule has 1 amide bonds. The molecule has 5 heterocycles. The van der Waals surface area contributed by atoms with Gasteiger partial charge in [0.2, 0.25) is 0 Å². The van der Waals surface area contributed by atoms with Gasteiger partial charge in [-0.3, -0.25) is 19.6 Å². The average Bonchev–Trinajstić information content (AvgIpc) is 3.06. The molecule has 0 bridgehead atoms. The van der Waals surface area contributed by atoms with E-state index >= 15 is 0 Å². The summed E-state index contributed by atoms with van der Waals surface area (Å²) in [4.78, 5) is 35.6. The molecule has 2 saturated heterocycles. The summed E-state index contributed by atoms with van der Waals surface area (Å²) in [5.74, 6) is 1.57. The molecule has 262 valence electrons. The quantitative estimate of drug-likeness (QED) is 0.283. The van der Waals surface area contributed by atoms with Crippen LogP contribution in [0.2, 0.25) is 0 Å². The minimum absolute atomic E-state index is 0.0379. The molecule has 3 aromatic rings. The fraction of sp³-hybridized carbons (Fsp3) is 0.568. The van der Waals surface area contributed by atoms with Crippen molar-refractivity contribution >= 4 is 11.7 Å². The Balaban J connectivity index is 0.968. The summed E-state index contributed by atoms with van der Waals surface area (Å²) in [6.07, 6.45) is 8.23. The van der Waals surface area contributed by atoms with Gasteiger partial charge in [0.15, 0.2) is 11.6 Å². The van der Waals surface area contributed by atoms with Crippen LogP contribution < -0.4 is 14.4 Å². The van der Waals surface area contributed by atoms with E-state index in [0.717, 1.165) is 89.7 Å². The molecule has 0 unspecified atom stereocenters. The Morgan fingerprint density at radius 3 is 2.71 bits per heavy atom. The summed E-state index contributed by atoms with van der Waals surface area (Å²) in [5.41, 5.74) is 2.69. The Bertz CT molecular complexity index is 1640. The number of benzene rings is 1. The SMILES string of the molecule is CCN1CCO[C@H](CN2CCc3nccc(OC4CC5(C4)CN(c4ncncc4Oc4ccc(F)cc4C(=O)N(CC)C(C)C)C5)c3C2)C1. The Kier molecular flexibility index (Phi) is 9.72. The minimum atomic E-state index is -0.492. The summed E-state index contributed by atoms with van der Waals surface area (Å²) in [5, 5.41) is 0. The third-order valence-corrected chi connectivity index (χ3v) is 10.5. The minimum Gasteiger partial charge on any atom is -0.490 e. The first-order chi connectivity index (χ1) is 23.7. The maximum atomic E-state index is 14.3. The summed E-state index contributed by atoms with van der Waals surface area (Å²) < 4.78 is 33.3. The number of nitrogens with zero attached hydrogens (tertiary/aromatic N) is 7. The van der Waals surface area contributed by atoms with Gasteiger partial charge < -0.3 is 24.0 Å². The molecule has 11 nitrogen and oxygen atoms in total. The predicted molar refractivity (Wildman–Crippen MR) is 184 cm³/mol. The van der Waals surface area contributed by atoms with Gasteiger partial charge in [-0.05, 0) is 64.4 Å². The zero-order valence-electron chi connectivity index (χ0n) is 29.1. The van der Waals surface area contributed by atoms with Gasteiger partial charge in [-0.25, -0.2) is 14.4 Å². The van der Waals surface area contributed by atoms with Gasteiger partial charge in [-0.2, -0.15) is 0 Å². The van der Waals surface area contributed by atoms with Crippen LogP contribution in [-0.4, -0.2) is 113 Å². The van der Waals surface area contributed by atoms with Gasteiger partial charge in [-0.1, -0.05) is 6.92 Å². The van der Waals surface area contributed by atoms with Crippen molar-refractivity contribution < 1.29 is 23.4 Å². The smallest absolute Gasteiger partial charge is 0.257 e. The van der Waals surface area contributed by atoms with Crippen LogP contribution in [0.5, 0.6) is 17.2 Å². The highest BCUT2D eigenvalue weighted by atomic mass is 19.1. The molecule has 4 aliphatic rings. The Morgan fingerprint density at radius 2 is 1.94 bits per heavy atom. The lowest BCUT2D eigenvalue weighted by Gasteiger charge is -2.59. The molecule has 1 aliphatic carbocycles. The second-order valence-corrected chi connectivity index (χ2v) is 14.2. The predicted octanol–water partition coefficient (Wildman–Crippen LogP) is 4.80. The maximum absolute atomic E-state index is 14.3. The second kappa shape index (κ2) is 14.2. The first-order valence-electron chi connectivity index (χ1n) is 17.8. The number of pyridine rings is 1. The van der Waals surface area contributed by atoms with E-state index in [1.54, 1.807) is 11.1 Å². The zero-order valence-corrected chi connectivity index (χ0v) is 29.1. The Hall–Kier alpha value is -3.87. The number of amides is 1. The van der Waals surface area contributed by atoms with Crippen molar-refractivity contribution in [3.63, 3.8) is 0 Å². The summed E-state index contributed by atoms with van der Waals surface area (Å²) in [6.45, 7) is 16.8. The van der Waals surface area contributed by atoms with E-state index in [9.17, 15) is 9.18 Å². The van der Waals surface area contributed by atoms with E-state index in [2.05, 4.69) is 31.6 Å². The molecule has 7 rings (SSSR count). The topological polar surface area (TPSA) is 96.4 Å². The number of fused-ring (bicyclic) bond motifs is 1. The van der Waals surface area contributed by atoms with E-state index in [-0.39, 0.29) is 40.9 Å². The number of likely N-dealkylation sites (N-methyl/N-ethyl adjacent to an activating group) is 1. The molecular formula is C37H48FN7O4. The summed E-state index contributed by atoms with van der Waals surface area (Å²) in [7, 11) is 0. The van der Waals surface area contributed by atoms with Crippen LogP contribution in [0.4, 0.5) is 10.2 Å². The van der Waals surface area contributed by atoms with Crippen molar-refractivity contribution in [1.29, 1.82) is 0 Å². The standard InChI is InChI=1S/C37H48FN7O4/c1-5-42-13-14-47-28(19-42)20-43-12-10-31-30(21-43)33(9-11-40-31)48-27-16-37(17-27)22-44(23-37)35-34(18-39-24-41-35)49-32-8-7-26(38)15-29(32)36(46)45(6-2)25(3)4/h7-9,11,15,18,24-25,27-28H,5-6,10,12-14,16-17,19-23H2,1-4H3/t28-/m0/s1. The lowest BCUT2D eigenvalue weighted by molar-refractivity contribution is -0.0449. The molecule has 3 fully saturated rings. The first kappa shape index (κ1) is 33.6. The number of anilines is 1. The van der Waals surface area contributed by atoms with E-state index in [0.29, 0.717) is 18.1 Å². The molecule has 0 radical (unpaired) electrons. The fourth-order valence-electron chi connectivity index (χ4n) is 7.93. The highest BCUT2D eigenvalue weighted by Crippen LogP contribution is 2.52. The number of carbonyl (C=O) groups is 1. The van der Waals surface area contributed by atoms with Gasteiger partial charge in [0.25, 0.3) is 5.91 Å². The molecule has 3 aliphatic heterocycles. The van der Waals surface area contributed by atoms with E-state index in [1.807, 2.05) is 33.0 Å². The summed E-state index contributed by atoms with van der Waals surface area (Å²) in [6, 6.07) is 6.03. The monoisotopic (exact) mass is 673 g/mol. The van der Waals surface area contributed by atoms with Crippen molar-refractivity contribution in [2.24, 2.45) is 5.41 Å². The Morgan fingerprint density at radius 1 is 1.10 bits per heavy atom. The second-order valence-electron chi connectivity index (χ2n) is 14.2. The van der Waals surface area contributed by atoms with Crippen LogP contribution >= 0.6 is 0 Å². The molecular weight excluding hydrogens is 625 g/mol. The van der Waals surface area contributed by atoms with E-state index < -0.39 is 5.82 Å². The molecule has 1 atom stereocenters. The van der Waals surface area contributed by atoms with Crippen LogP contribution in [0.25, 0.3) is 0 Å². The lowest BCUT2D eigenvalue weighted by Crippen LogP contribution is -2.65. The zero-order chi connectivity index (χ0) is 34.1. The van der Waals surface area contributed by atoms with Crippen molar-refractivity contribution in [2.75, 3.05) is 63.9 Å². The van der Waals surface area contributed by atoms with Gasteiger partial charge in [0.05, 0.1) is 24.5 Å². The number of morpholine rings is 1. The van der Waals surface area contributed by atoms with Crippen molar-refractivity contribution in [1.82, 2.24) is 29.7 Å². The molecule has 1 aromatic carbocycles. The largest absolute Gasteiger partial charge is 0.490 e. The number of hydrogen-bond acceptors (Lipinski definition) is 10. The number of halogens is 1. The number of rotatable bonds is 11. The van der Waals surface area contributed by atoms with Crippen molar-refractivity contribution in [3.05, 3.63) is 65.6 Å². The molecule has 2 aromatic heterocycles. The molecule has 1 spiro atoms. The van der Waals surface area contributed by atoms with Gasteiger partial charge >= 0.3 is 0 Å². The number of ether oxygens (including phenoxy) is 3. The first-order valence-corrected chi connectivity index (χ1v) is 17.8. The average molecular weight is 674 g/mol. The molecule has 1 saturated carbocycles. The van der Waals surface area contributed by atoms with Crippen LogP contribution in [0, 0.1) is 11.2 Å². The van der Waals surface area contributed by atoms with Gasteiger partial charge in [0.1, 0.15) is 29.7 Å². The van der Waals surface area contributed by atoms with Gasteiger partial charge in [0, 0.05) is 87.7 Å². The van der Waals surface area contributed by atoms with Crippen LogP contribution in [0.1, 0.15) is 62.2 Å². The molecule has 12 heteroatoms. The molecule has 49 heavy (non-hydrogen) atoms. The van der Waals surface area contributed by atoms with Crippen LogP contribution in [0.3, 0.4) is 0 Å². The third kappa shape index (κ3) is 7.09. The number of carbonyl (C=O) groups excluding carboxylic acids is 1. The van der Waals surface area contributed by atoms with Crippen LogP contribution in [-0.2, 0) is 17.7 Å². The van der Waals surface area contributed by atoms with Crippen molar-refractivity contribution in [3.8, 4) is 17.2 Å². The molecule has 0 N–H and O–H groups in total.